The van der Waals surface area contributed by atoms with E-state index in [1.807, 2.05) is 30.0 Å². The molecule has 2 aromatic carbocycles. The highest BCUT2D eigenvalue weighted by Gasteiger charge is 2.22. The van der Waals surface area contributed by atoms with Gasteiger partial charge in [0.05, 0.1) is 5.56 Å². The first-order chi connectivity index (χ1) is 16.8. The molecule has 2 aliphatic heterocycles. The largest absolute Gasteiger partial charge is 0.478 e. The summed E-state index contributed by atoms with van der Waals surface area (Å²) in [5.41, 5.74) is 5.68. The van der Waals surface area contributed by atoms with Gasteiger partial charge in [0, 0.05) is 51.6 Å². The number of ketones is 1. The molecule has 1 amide bonds. The molecule has 0 spiro atoms. The zero-order valence-corrected chi connectivity index (χ0v) is 22.1. The Labute approximate surface area is 220 Å². The maximum atomic E-state index is 12.9. The highest BCUT2D eigenvalue weighted by molar-refractivity contribution is 5.96. The van der Waals surface area contributed by atoms with E-state index in [2.05, 4.69) is 17.0 Å². The maximum absolute atomic E-state index is 12.9. The number of carboxylic acids is 1. The molecule has 0 bridgehead atoms. The highest BCUT2D eigenvalue weighted by Crippen LogP contribution is 2.25. The summed E-state index contributed by atoms with van der Waals surface area (Å²) in [5.74, 6) is 0.00583. The van der Waals surface area contributed by atoms with E-state index in [1.165, 1.54) is 11.1 Å². The third-order valence-electron chi connectivity index (χ3n) is 7.69. The molecule has 2 heterocycles. The van der Waals surface area contributed by atoms with Gasteiger partial charge in [0.2, 0.25) is 5.91 Å². The smallest absolute Gasteiger partial charge is 0.335 e. The van der Waals surface area contributed by atoms with Crippen LogP contribution in [0.15, 0.2) is 36.4 Å². The van der Waals surface area contributed by atoms with Crippen LogP contribution < -0.4 is 0 Å². The number of nitrogens with zero attached hydrogens (tertiary/aromatic N) is 2. The third kappa shape index (κ3) is 6.95. The van der Waals surface area contributed by atoms with Crippen LogP contribution in [0.3, 0.4) is 0 Å². The lowest BCUT2D eigenvalue weighted by Gasteiger charge is -2.31. The summed E-state index contributed by atoms with van der Waals surface area (Å²) in [7, 11) is 0. The molecule has 0 radical (unpaired) electrons. The average molecular weight is 513 g/mol. The Bertz CT molecular complexity index is 1110. The minimum atomic E-state index is -0.886. The molecule has 1 saturated heterocycles. The van der Waals surface area contributed by atoms with Crippen LogP contribution in [0.2, 0.25) is 0 Å². The van der Waals surface area contributed by atoms with E-state index in [4.69, 9.17) is 0 Å². The fourth-order valence-corrected chi connectivity index (χ4v) is 5.44. The fraction of sp³-hybridized carbons (Fsp3) is 0.483. The molecular formula is C29H37ClN2O4. The monoisotopic (exact) mass is 512 g/mol. The number of halogens is 1. The predicted molar refractivity (Wildman–Crippen MR) is 143 cm³/mol. The zero-order chi connectivity index (χ0) is 24.9. The van der Waals surface area contributed by atoms with Crippen molar-refractivity contribution in [1.29, 1.82) is 0 Å². The second-order valence-electron chi connectivity index (χ2n) is 10.1. The lowest BCUT2D eigenvalue weighted by atomic mass is 9.89. The molecule has 4 rings (SSSR count). The first-order valence-corrected chi connectivity index (χ1v) is 12.8. The number of fused-ring (bicyclic) bond motifs is 1. The summed E-state index contributed by atoms with van der Waals surface area (Å²) in [6.45, 7) is 7.75. The first-order valence-electron chi connectivity index (χ1n) is 12.8. The van der Waals surface area contributed by atoms with E-state index in [-0.39, 0.29) is 24.1 Å². The SMILES string of the molecule is CC(=O)N1CCC(CCC(=O)c2ccc3c(c2)CCN(Cc2ccc(C(=O)O)c(C)c2)CC3)CC1.Cl. The molecular weight excluding hydrogens is 476 g/mol. The van der Waals surface area contributed by atoms with Crippen LogP contribution in [0, 0.1) is 12.8 Å². The van der Waals surface area contributed by atoms with Crippen LogP contribution in [0.5, 0.6) is 0 Å². The van der Waals surface area contributed by atoms with Gasteiger partial charge in [-0.3, -0.25) is 14.5 Å². The van der Waals surface area contributed by atoms with Crippen molar-refractivity contribution in [2.45, 2.75) is 58.9 Å². The first kappa shape index (κ1) is 27.9. The van der Waals surface area contributed by atoms with Gasteiger partial charge in [-0.05, 0) is 79.3 Å². The Morgan fingerprint density at radius 2 is 1.64 bits per heavy atom. The minimum absolute atomic E-state index is 0. The summed E-state index contributed by atoms with van der Waals surface area (Å²) in [5, 5.41) is 9.26. The molecule has 36 heavy (non-hydrogen) atoms. The van der Waals surface area contributed by atoms with Gasteiger partial charge >= 0.3 is 5.97 Å². The number of Topliss-reactive ketones (excluding diaryl/α,β-unsaturated/α-hetero) is 1. The van der Waals surface area contributed by atoms with Gasteiger partial charge in [-0.1, -0.05) is 24.3 Å². The fourth-order valence-electron chi connectivity index (χ4n) is 5.44. The molecule has 194 valence electrons. The minimum Gasteiger partial charge on any atom is -0.478 e. The van der Waals surface area contributed by atoms with E-state index < -0.39 is 5.97 Å². The molecule has 1 fully saturated rings. The normalized spacial score (nSPS) is 16.6. The van der Waals surface area contributed by atoms with Crippen molar-refractivity contribution in [3.05, 3.63) is 69.8 Å². The average Bonchev–Trinajstić information content (AvgIpc) is 3.04. The number of amides is 1. The lowest BCUT2D eigenvalue weighted by molar-refractivity contribution is -0.130. The predicted octanol–water partition coefficient (Wildman–Crippen LogP) is 4.94. The number of piperidine rings is 1. The van der Waals surface area contributed by atoms with Gasteiger partial charge in [-0.2, -0.15) is 0 Å². The van der Waals surface area contributed by atoms with Crippen molar-refractivity contribution in [2.24, 2.45) is 5.92 Å². The molecule has 2 aliphatic rings. The number of carbonyl (C=O) groups excluding carboxylic acids is 2. The van der Waals surface area contributed by atoms with E-state index in [0.29, 0.717) is 17.9 Å². The van der Waals surface area contributed by atoms with Crippen molar-refractivity contribution >= 4 is 30.1 Å². The Kier molecular flexibility index (Phi) is 9.69. The number of aromatic carboxylic acids is 1. The van der Waals surface area contributed by atoms with Crippen molar-refractivity contribution < 1.29 is 19.5 Å². The number of aryl methyl sites for hydroxylation is 1. The van der Waals surface area contributed by atoms with Gasteiger partial charge in [0.25, 0.3) is 0 Å². The summed E-state index contributed by atoms with van der Waals surface area (Å²) in [6.07, 6.45) is 5.31. The zero-order valence-electron chi connectivity index (χ0n) is 21.3. The number of rotatable bonds is 7. The van der Waals surface area contributed by atoms with Gasteiger partial charge in [-0.25, -0.2) is 4.79 Å². The standard InChI is InChI=1S/C29H36N2O4.ClH/c1-20-17-23(3-7-27(20)29(34)35)19-30-13-11-24-5-6-26(18-25(24)12-14-30)28(33)8-4-22-9-15-31(16-10-22)21(2)32;/h3,5-7,17-18,22H,4,8-16,19H2,1-2H3,(H,34,35);1H. The Balaban J connectivity index is 0.00000361. The lowest BCUT2D eigenvalue weighted by Crippen LogP contribution is -2.37. The maximum Gasteiger partial charge on any atom is 0.335 e. The number of carbonyl (C=O) groups is 3. The molecule has 0 atom stereocenters. The van der Waals surface area contributed by atoms with Crippen LogP contribution in [-0.4, -0.2) is 58.7 Å². The molecule has 1 N–H and O–H groups in total. The van der Waals surface area contributed by atoms with Crippen LogP contribution in [-0.2, 0) is 24.2 Å². The van der Waals surface area contributed by atoms with E-state index >= 15 is 0 Å². The Morgan fingerprint density at radius 3 is 2.28 bits per heavy atom. The second-order valence-corrected chi connectivity index (χ2v) is 10.1. The number of benzene rings is 2. The summed E-state index contributed by atoms with van der Waals surface area (Å²) in [6, 6.07) is 11.8. The molecule has 0 saturated carbocycles. The Morgan fingerprint density at radius 1 is 0.944 bits per heavy atom. The topological polar surface area (TPSA) is 77.9 Å². The highest BCUT2D eigenvalue weighted by atomic mass is 35.5. The molecule has 6 nitrogen and oxygen atoms in total. The number of hydrogen-bond acceptors (Lipinski definition) is 4. The van der Waals surface area contributed by atoms with Crippen LogP contribution in [0.25, 0.3) is 0 Å². The number of likely N-dealkylation sites (tertiary alicyclic amines) is 1. The van der Waals surface area contributed by atoms with Crippen LogP contribution in [0.1, 0.15) is 75.6 Å². The van der Waals surface area contributed by atoms with Gasteiger partial charge < -0.3 is 10.0 Å². The van der Waals surface area contributed by atoms with Gasteiger partial charge in [0.1, 0.15) is 0 Å². The van der Waals surface area contributed by atoms with Crippen molar-refractivity contribution in [2.75, 3.05) is 26.2 Å². The molecule has 2 aromatic rings. The number of carboxylic acid groups (broad SMARTS) is 1. The molecule has 0 aromatic heterocycles. The van der Waals surface area contributed by atoms with E-state index in [1.54, 1.807) is 13.0 Å². The van der Waals surface area contributed by atoms with Gasteiger partial charge in [-0.15, -0.1) is 12.4 Å². The Hall–Kier alpha value is -2.70. The molecule has 0 unspecified atom stereocenters. The quantitative estimate of drug-likeness (QED) is 0.532. The van der Waals surface area contributed by atoms with Crippen molar-refractivity contribution in [1.82, 2.24) is 9.80 Å². The van der Waals surface area contributed by atoms with Crippen molar-refractivity contribution in [3.8, 4) is 0 Å². The van der Waals surface area contributed by atoms with Crippen molar-refractivity contribution in [3.63, 3.8) is 0 Å². The van der Waals surface area contributed by atoms with E-state index in [9.17, 15) is 19.5 Å². The molecule has 0 aliphatic carbocycles. The second kappa shape index (κ2) is 12.5. The van der Waals surface area contributed by atoms with Gasteiger partial charge in [0.15, 0.2) is 5.78 Å². The van der Waals surface area contributed by atoms with Crippen LogP contribution in [0.4, 0.5) is 0 Å². The summed E-state index contributed by atoms with van der Waals surface area (Å²) in [4.78, 5) is 40.0. The molecule has 7 heteroatoms. The summed E-state index contributed by atoms with van der Waals surface area (Å²) < 4.78 is 0. The number of hydrogen-bond donors (Lipinski definition) is 1. The van der Waals surface area contributed by atoms with E-state index in [0.717, 1.165) is 81.5 Å². The third-order valence-corrected chi connectivity index (χ3v) is 7.69. The summed E-state index contributed by atoms with van der Waals surface area (Å²) >= 11 is 0. The van der Waals surface area contributed by atoms with Crippen LogP contribution >= 0.6 is 12.4 Å².